The summed E-state index contributed by atoms with van der Waals surface area (Å²) in [6, 6.07) is 6.48. The molecule has 1 aliphatic rings. The zero-order chi connectivity index (χ0) is 13.2. The lowest BCUT2D eigenvalue weighted by molar-refractivity contribution is 0.0941. The van der Waals surface area contributed by atoms with Gasteiger partial charge in [-0.15, -0.1) is 0 Å². The van der Waals surface area contributed by atoms with E-state index in [2.05, 4.69) is 5.32 Å². The molecule has 18 heavy (non-hydrogen) atoms. The average molecular weight is 269 g/mol. The second-order valence-corrected chi connectivity index (χ2v) is 6.53. The van der Waals surface area contributed by atoms with Gasteiger partial charge in [-0.05, 0) is 24.6 Å². The number of hydrogen-bond donors (Lipinski definition) is 1. The maximum absolute atomic E-state index is 11.9. The Morgan fingerprint density at radius 2 is 2.22 bits per heavy atom. The monoisotopic (exact) mass is 269 g/mol. The lowest BCUT2D eigenvalue weighted by atomic mass is 10.2. The van der Waals surface area contributed by atoms with Crippen molar-refractivity contribution in [1.29, 1.82) is 0 Å². The molecule has 2 rings (SSSR count). The van der Waals surface area contributed by atoms with Gasteiger partial charge < -0.3 is 10.1 Å². The Balaban J connectivity index is 2.04. The lowest BCUT2D eigenvalue weighted by Gasteiger charge is -2.11. The third kappa shape index (κ3) is 3.01. The molecule has 1 aliphatic heterocycles. The molecular weight excluding hydrogens is 254 g/mol. The maximum Gasteiger partial charge on any atom is 0.251 e. The Kier molecular flexibility index (Phi) is 3.56. The first kappa shape index (κ1) is 12.9. The predicted octanol–water partition coefficient (Wildman–Crippen LogP) is 0.612. The van der Waals surface area contributed by atoms with Gasteiger partial charge in [0.2, 0.25) is 0 Å². The second kappa shape index (κ2) is 4.97. The van der Waals surface area contributed by atoms with Crippen molar-refractivity contribution in [1.82, 2.24) is 5.32 Å². The Bertz CT molecular complexity index is 553. The highest BCUT2D eigenvalue weighted by Crippen LogP contribution is 2.15. The fourth-order valence-electron chi connectivity index (χ4n) is 1.94. The first-order valence-corrected chi connectivity index (χ1v) is 7.48. The summed E-state index contributed by atoms with van der Waals surface area (Å²) < 4.78 is 27.6. The Labute approximate surface area is 106 Å². The molecule has 0 saturated carbocycles. The molecule has 5 nitrogen and oxygen atoms in total. The van der Waals surface area contributed by atoms with Crippen LogP contribution in [0.15, 0.2) is 24.3 Å². The molecule has 0 spiro atoms. The molecule has 1 fully saturated rings. The van der Waals surface area contributed by atoms with Gasteiger partial charge in [0, 0.05) is 11.6 Å². The van der Waals surface area contributed by atoms with Gasteiger partial charge in [0.05, 0.1) is 18.6 Å². The van der Waals surface area contributed by atoms with Crippen molar-refractivity contribution < 1.29 is 17.9 Å². The van der Waals surface area contributed by atoms with Crippen molar-refractivity contribution in [3.05, 3.63) is 29.8 Å². The predicted molar refractivity (Wildman–Crippen MR) is 67.5 cm³/mol. The normalized spacial score (nSPS) is 21.5. The van der Waals surface area contributed by atoms with Crippen LogP contribution >= 0.6 is 0 Å². The van der Waals surface area contributed by atoms with Gasteiger partial charge in [-0.2, -0.15) is 0 Å². The van der Waals surface area contributed by atoms with E-state index in [0.717, 1.165) is 0 Å². The van der Waals surface area contributed by atoms with E-state index in [1.165, 1.54) is 7.11 Å². The van der Waals surface area contributed by atoms with Crippen molar-refractivity contribution in [3.8, 4) is 5.75 Å². The van der Waals surface area contributed by atoms with E-state index >= 15 is 0 Å². The van der Waals surface area contributed by atoms with E-state index in [4.69, 9.17) is 4.74 Å². The molecule has 1 aromatic rings. The lowest BCUT2D eigenvalue weighted by Crippen LogP contribution is -2.35. The standard InChI is InChI=1S/C12H15NO4S/c1-17-11-4-2-3-9(7-11)12(14)13-10-5-6-18(15,16)8-10/h2-4,7,10H,5-6,8H2,1H3,(H,13,14)/t10-/m0/s1. The summed E-state index contributed by atoms with van der Waals surface area (Å²) in [5.74, 6) is 0.511. The van der Waals surface area contributed by atoms with Crippen molar-refractivity contribution in [3.63, 3.8) is 0 Å². The minimum atomic E-state index is -2.98. The van der Waals surface area contributed by atoms with E-state index in [-0.39, 0.29) is 23.5 Å². The van der Waals surface area contributed by atoms with E-state index in [1.807, 2.05) is 0 Å². The molecule has 0 unspecified atom stereocenters. The number of carbonyl (C=O) groups is 1. The quantitative estimate of drug-likeness (QED) is 0.872. The fourth-order valence-corrected chi connectivity index (χ4v) is 3.62. The van der Waals surface area contributed by atoms with Crippen LogP contribution in [0.5, 0.6) is 5.75 Å². The molecule has 1 atom stereocenters. The third-order valence-corrected chi connectivity index (χ3v) is 4.67. The Hall–Kier alpha value is -1.56. The van der Waals surface area contributed by atoms with Crippen LogP contribution in [-0.2, 0) is 9.84 Å². The topological polar surface area (TPSA) is 72.5 Å². The zero-order valence-corrected chi connectivity index (χ0v) is 10.9. The van der Waals surface area contributed by atoms with Crippen molar-refractivity contribution in [2.75, 3.05) is 18.6 Å². The largest absolute Gasteiger partial charge is 0.497 e. The maximum atomic E-state index is 11.9. The molecule has 0 radical (unpaired) electrons. The number of ether oxygens (including phenoxy) is 1. The molecule has 1 amide bonds. The van der Waals surface area contributed by atoms with Crippen molar-refractivity contribution >= 4 is 15.7 Å². The average Bonchev–Trinajstić information content (AvgIpc) is 2.68. The molecule has 1 heterocycles. The number of benzene rings is 1. The molecular formula is C12H15NO4S. The third-order valence-electron chi connectivity index (χ3n) is 2.90. The fraction of sp³-hybridized carbons (Fsp3) is 0.417. The minimum Gasteiger partial charge on any atom is -0.497 e. The summed E-state index contributed by atoms with van der Waals surface area (Å²) in [5, 5.41) is 2.73. The highest BCUT2D eigenvalue weighted by atomic mass is 32.2. The summed E-state index contributed by atoms with van der Waals surface area (Å²) >= 11 is 0. The summed E-state index contributed by atoms with van der Waals surface area (Å²) in [6.07, 6.45) is 0.484. The van der Waals surface area contributed by atoms with Gasteiger partial charge in [-0.1, -0.05) is 6.07 Å². The van der Waals surface area contributed by atoms with Crippen LogP contribution in [0.25, 0.3) is 0 Å². The van der Waals surface area contributed by atoms with Crippen LogP contribution < -0.4 is 10.1 Å². The van der Waals surface area contributed by atoms with Crippen molar-refractivity contribution in [2.45, 2.75) is 12.5 Å². The van der Waals surface area contributed by atoms with Gasteiger partial charge in [-0.3, -0.25) is 4.79 Å². The van der Waals surface area contributed by atoms with E-state index in [9.17, 15) is 13.2 Å². The Morgan fingerprint density at radius 1 is 1.44 bits per heavy atom. The smallest absolute Gasteiger partial charge is 0.251 e. The molecule has 0 aliphatic carbocycles. The molecule has 1 N–H and O–H groups in total. The Morgan fingerprint density at radius 3 is 2.83 bits per heavy atom. The van der Waals surface area contributed by atoms with E-state index in [1.54, 1.807) is 24.3 Å². The highest BCUT2D eigenvalue weighted by molar-refractivity contribution is 7.91. The number of carbonyl (C=O) groups excluding carboxylic acids is 1. The van der Waals surface area contributed by atoms with Crippen LogP contribution in [0.1, 0.15) is 16.8 Å². The molecule has 98 valence electrons. The number of rotatable bonds is 3. The number of sulfone groups is 1. The SMILES string of the molecule is COc1cccc(C(=O)N[C@H]2CCS(=O)(=O)C2)c1. The van der Waals surface area contributed by atoms with Gasteiger partial charge >= 0.3 is 0 Å². The summed E-state index contributed by atoms with van der Waals surface area (Å²) in [5.41, 5.74) is 0.471. The molecule has 6 heteroatoms. The summed E-state index contributed by atoms with van der Waals surface area (Å²) in [6.45, 7) is 0. The number of methoxy groups -OCH3 is 1. The first-order chi connectivity index (χ1) is 8.50. The van der Waals surface area contributed by atoms with Gasteiger partial charge in [0.25, 0.3) is 5.91 Å². The minimum absolute atomic E-state index is 0.0305. The van der Waals surface area contributed by atoms with Gasteiger partial charge in [0.1, 0.15) is 5.75 Å². The summed E-state index contributed by atoms with van der Waals surface area (Å²) in [7, 11) is -1.45. The number of nitrogens with one attached hydrogen (secondary N) is 1. The molecule has 1 saturated heterocycles. The first-order valence-electron chi connectivity index (χ1n) is 5.65. The highest BCUT2D eigenvalue weighted by Gasteiger charge is 2.29. The van der Waals surface area contributed by atoms with Crippen LogP contribution in [0, 0.1) is 0 Å². The molecule has 0 aromatic heterocycles. The van der Waals surface area contributed by atoms with Gasteiger partial charge in [-0.25, -0.2) is 8.42 Å². The van der Waals surface area contributed by atoms with Crippen LogP contribution in [0.2, 0.25) is 0 Å². The van der Waals surface area contributed by atoms with Crippen LogP contribution in [0.3, 0.4) is 0 Å². The van der Waals surface area contributed by atoms with Crippen LogP contribution in [-0.4, -0.2) is 39.0 Å². The summed E-state index contributed by atoms with van der Waals surface area (Å²) in [4.78, 5) is 11.9. The molecule has 1 aromatic carbocycles. The number of amides is 1. The molecule has 0 bridgehead atoms. The number of hydrogen-bond acceptors (Lipinski definition) is 4. The van der Waals surface area contributed by atoms with Crippen LogP contribution in [0.4, 0.5) is 0 Å². The second-order valence-electron chi connectivity index (χ2n) is 4.31. The van der Waals surface area contributed by atoms with Gasteiger partial charge in [0.15, 0.2) is 9.84 Å². The zero-order valence-electron chi connectivity index (χ0n) is 10.0. The van der Waals surface area contributed by atoms with E-state index in [0.29, 0.717) is 17.7 Å². The van der Waals surface area contributed by atoms with E-state index < -0.39 is 9.84 Å². The van der Waals surface area contributed by atoms with Crippen molar-refractivity contribution in [2.24, 2.45) is 0 Å².